The van der Waals surface area contributed by atoms with Crippen LogP contribution >= 0.6 is 0 Å². The van der Waals surface area contributed by atoms with E-state index >= 15 is 0 Å². The monoisotopic (exact) mass is 288 g/mol. The Labute approximate surface area is 132 Å². The van der Waals surface area contributed by atoms with E-state index in [9.17, 15) is 0 Å². The highest BCUT2D eigenvalue weighted by Crippen LogP contribution is 2.42. The van der Waals surface area contributed by atoms with Gasteiger partial charge in [-0.2, -0.15) is 4.57 Å². The van der Waals surface area contributed by atoms with Gasteiger partial charge in [0, 0.05) is 6.07 Å². The molecule has 0 bridgehead atoms. The minimum atomic E-state index is 0.261. The highest BCUT2D eigenvalue weighted by atomic mass is 15.0. The van der Waals surface area contributed by atoms with Crippen molar-refractivity contribution in [2.45, 2.75) is 38.6 Å². The molecule has 1 aromatic heterocycles. The summed E-state index contributed by atoms with van der Waals surface area (Å²) in [5, 5.41) is 2.68. The maximum absolute atomic E-state index is 2.47. The molecule has 0 atom stereocenters. The second-order valence-electron chi connectivity index (χ2n) is 6.41. The van der Waals surface area contributed by atoms with E-state index in [-0.39, 0.29) is 5.41 Å². The summed E-state index contributed by atoms with van der Waals surface area (Å²) in [4.78, 5) is 0. The molecule has 22 heavy (non-hydrogen) atoms. The predicted molar refractivity (Wildman–Crippen MR) is 91.8 cm³/mol. The maximum Gasteiger partial charge on any atom is 0.220 e. The smallest absolute Gasteiger partial charge is 0.197 e. The van der Waals surface area contributed by atoms with Crippen molar-refractivity contribution in [2.75, 3.05) is 0 Å². The first-order chi connectivity index (χ1) is 10.8. The lowest BCUT2D eigenvalue weighted by Gasteiger charge is -2.35. The highest BCUT2D eigenvalue weighted by Gasteiger charge is 2.41. The van der Waals surface area contributed by atoms with Gasteiger partial charge in [0.25, 0.3) is 0 Å². The summed E-state index contributed by atoms with van der Waals surface area (Å²) in [6, 6.07) is 20.0. The average Bonchev–Trinajstić information content (AvgIpc) is 2.60. The molecule has 0 fully saturated rings. The van der Waals surface area contributed by atoms with Crippen molar-refractivity contribution in [2.24, 2.45) is 0 Å². The van der Waals surface area contributed by atoms with Crippen molar-refractivity contribution in [1.82, 2.24) is 0 Å². The molecule has 1 aliphatic heterocycles. The van der Waals surface area contributed by atoms with Gasteiger partial charge in [0.15, 0.2) is 12.7 Å². The first kappa shape index (κ1) is 13.5. The molecule has 4 rings (SSSR count). The Kier molecular flexibility index (Phi) is 3.04. The first-order valence-corrected chi connectivity index (χ1v) is 8.30. The van der Waals surface area contributed by atoms with E-state index in [0.717, 1.165) is 6.54 Å². The number of aromatic nitrogens is 1. The highest BCUT2D eigenvalue weighted by molar-refractivity contribution is 5.94. The van der Waals surface area contributed by atoms with Gasteiger partial charge in [-0.3, -0.25) is 0 Å². The second kappa shape index (κ2) is 4.95. The molecule has 0 saturated carbocycles. The number of hydrogen-bond donors (Lipinski definition) is 0. The number of rotatable bonds is 2. The average molecular weight is 288 g/mol. The van der Waals surface area contributed by atoms with Crippen molar-refractivity contribution < 1.29 is 4.57 Å². The predicted octanol–water partition coefficient (Wildman–Crippen LogP) is 4.87. The Morgan fingerprint density at radius 2 is 1.64 bits per heavy atom. The lowest BCUT2D eigenvalue weighted by molar-refractivity contribution is -0.696. The molecule has 0 N–H and O–H groups in total. The zero-order valence-electron chi connectivity index (χ0n) is 13.3. The standard InChI is InChI=1S/C21H22N/c1-3-21(4-2)15-22-14-13-16-9-5-6-10-17(16)20(22)18-11-7-8-12-19(18)21/h5-14H,3-4,15H2,1-2H3/q+1. The number of fused-ring (bicyclic) bond motifs is 5. The third-order valence-electron chi connectivity index (χ3n) is 5.52. The van der Waals surface area contributed by atoms with Crippen LogP contribution in [0.25, 0.3) is 22.0 Å². The molecule has 3 aromatic rings. The fourth-order valence-electron chi connectivity index (χ4n) is 4.11. The van der Waals surface area contributed by atoms with Crippen molar-refractivity contribution in [3.8, 4) is 11.3 Å². The van der Waals surface area contributed by atoms with Gasteiger partial charge in [-0.15, -0.1) is 0 Å². The minimum Gasteiger partial charge on any atom is -0.197 e. The molecule has 2 aromatic carbocycles. The van der Waals surface area contributed by atoms with Gasteiger partial charge >= 0.3 is 0 Å². The molecule has 0 spiro atoms. The second-order valence-corrected chi connectivity index (χ2v) is 6.41. The van der Waals surface area contributed by atoms with Crippen LogP contribution in [0.1, 0.15) is 32.3 Å². The molecule has 0 radical (unpaired) electrons. The van der Waals surface area contributed by atoms with Crippen LogP contribution in [0.2, 0.25) is 0 Å². The molecule has 1 nitrogen and oxygen atoms in total. The zero-order valence-corrected chi connectivity index (χ0v) is 13.3. The zero-order chi connectivity index (χ0) is 15.2. The SMILES string of the molecule is CCC1(CC)C[n+]2ccc3ccccc3c2-c2ccccc21. The molecule has 0 saturated heterocycles. The molecule has 1 aliphatic rings. The lowest BCUT2D eigenvalue weighted by atomic mass is 9.71. The minimum absolute atomic E-state index is 0.261. The van der Waals surface area contributed by atoms with Gasteiger partial charge in [-0.25, -0.2) is 0 Å². The fraction of sp³-hybridized carbons (Fsp3) is 0.286. The number of nitrogens with zero attached hydrogens (tertiary/aromatic N) is 1. The van der Waals surface area contributed by atoms with E-state index in [1.807, 2.05) is 0 Å². The van der Waals surface area contributed by atoms with Crippen molar-refractivity contribution >= 4 is 10.8 Å². The Morgan fingerprint density at radius 1 is 0.909 bits per heavy atom. The first-order valence-electron chi connectivity index (χ1n) is 8.30. The van der Waals surface area contributed by atoms with E-state index in [2.05, 4.69) is 79.2 Å². The van der Waals surface area contributed by atoms with Crippen LogP contribution in [-0.2, 0) is 12.0 Å². The van der Waals surface area contributed by atoms with Crippen LogP contribution in [0.15, 0.2) is 60.8 Å². The third-order valence-corrected chi connectivity index (χ3v) is 5.52. The van der Waals surface area contributed by atoms with Crippen molar-refractivity contribution in [3.05, 3.63) is 66.4 Å². The summed E-state index contributed by atoms with van der Waals surface area (Å²) in [6.45, 7) is 5.73. The molecular weight excluding hydrogens is 266 g/mol. The molecule has 0 aliphatic carbocycles. The van der Waals surface area contributed by atoms with Crippen LogP contribution in [0.5, 0.6) is 0 Å². The number of benzene rings is 2. The molecular formula is C21H22N+. The van der Waals surface area contributed by atoms with Crippen LogP contribution in [0, 0.1) is 0 Å². The Balaban J connectivity index is 2.10. The summed E-state index contributed by atoms with van der Waals surface area (Å²) in [5.41, 5.74) is 4.58. The van der Waals surface area contributed by atoms with Gasteiger partial charge in [0.1, 0.15) is 0 Å². The lowest BCUT2D eigenvalue weighted by Crippen LogP contribution is -2.50. The summed E-state index contributed by atoms with van der Waals surface area (Å²) >= 11 is 0. The summed E-state index contributed by atoms with van der Waals surface area (Å²) in [5.74, 6) is 0. The summed E-state index contributed by atoms with van der Waals surface area (Å²) in [6.07, 6.45) is 4.63. The van der Waals surface area contributed by atoms with Crippen LogP contribution in [-0.4, -0.2) is 0 Å². The Morgan fingerprint density at radius 3 is 2.45 bits per heavy atom. The van der Waals surface area contributed by atoms with E-state index < -0.39 is 0 Å². The van der Waals surface area contributed by atoms with Crippen molar-refractivity contribution in [3.63, 3.8) is 0 Å². The van der Waals surface area contributed by atoms with Gasteiger partial charge in [-0.1, -0.05) is 50.2 Å². The molecule has 110 valence electrons. The van der Waals surface area contributed by atoms with Gasteiger partial charge in [-0.05, 0) is 35.9 Å². The number of hydrogen-bond acceptors (Lipinski definition) is 0. The van der Waals surface area contributed by atoms with Crippen molar-refractivity contribution in [1.29, 1.82) is 0 Å². The molecule has 1 heteroatoms. The van der Waals surface area contributed by atoms with Crippen LogP contribution in [0.3, 0.4) is 0 Å². The number of pyridine rings is 1. The quantitative estimate of drug-likeness (QED) is 0.593. The van der Waals surface area contributed by atoms with E-state index in [1.165, 1.54) is 40.4 Å². The fourth-order valence-corrected chi connectivity index (χ4v) is 4.11. The largest absolute Gasteiger partial charge is 0.220 e. The van der Waals surface area contributed by atoms with Crippen LogP contribution < -0.4 is 4.57 Å². The van der Waals surface area contributed by atoms with E-state index in [4.69, 9.17) is 0 Å². The topological polar surface area (TPSA) is 3.88 Å². The summed E-state index contributed by atoms with van der Waals surface area (Å²) in [7, 11) is 0. The third kappa shape index (κ3) is 1.75. The Bertz CT molecular complexity index is 843. The summed E-state index contributed by atoms with van der Waals surface area (Å²) < 4.78 is 2.47. The van der Waals surface area contributed by atoms with Gasteiger partial charge in [0.05, 0.1) is 16.4 Å². The normalized spacial score (nSPS) is 15.4. The van der Waals surface area contributed by atoms with Crippen LogP contribution in [0.4, 0.5) is 0 Å². The maximum atomic E-state index is 2.47. The molecule has 0 amide bonds. The van der Waals surface area contributed by atoms with E-state index in [0.29, 0.717) is 0 Å². The molecule has 2 heterocycles. The molecule has 0 unspecified atom stereocenters. The Hall–Kier alpha value is -2.15. The van der Waals surface area contributed by atoms with E-state index in [1.54, 1.807) is 0 Å². The van der Waals surface area contributed by atoms with Gasteiger partial charge < -0.3 is 0 Å². The van der Waals surface area contributed by atoms with Gasteiger partial charge in [0.2, 0.25) is 5.69 Å².